The molecule has 2 aromatic heterocycles. The maximum atomic E-state index is 12.6. The first kappa shape index (κ1) is 17.2. The number of fused-ring (bicyclic) bond motifs is 1. The average molecular weight is 387 g/mol. The van der Waals surface area contributed by atoms with E-state index in [1.807, 2.05) is 31.2 Å². The van der Waals surface area contributed by atoms with E-state index in [0.717, 1.165) is 23.7 Å². The molecule has 1 aliphatic rings. The molecular weight excluding hydrogens is 368 g/mol. The van der Waals surface area contributed by atoms with Crippen molar-refractivity contribution in [3.05, 3.63) is 36.0 Å². The van der Waals surface area contributed by atoms with Gasteiger partial charge in [0.05, 0.1) is 5.75 Å². The number of aromatic nitrogens is 3. The van der Waals surface area contributed by atoms with Gasteiger partial charge in [-0.15, -0.1) is 10.2 Å². The second kappa shape index (κ2) is 7.20. The molecule has 1 fully saturated rings. The second-order valence-corrected chi connectivity index (χ2v) is 8.34. The molecule has 0 atom stereocenters. The minimum absolute atomic E-state index is 0.0490. The molecule has 2 heterocycles. The molecule has 3 aromatic rings. The average Bonchev–Trinajstić information content (AvgIpc) is 3.22. The molecule has 1 aromatic carbocycles. The van der Waals surface area contributed by atoms with E-state index >= 15 is 0 Å². The number of carbonyl (C=O) groups is 2. The molecule has 8 heteroatoms. The van der Waals surface area contributed by atoms with Crippen LogP contribution in [0.1, 0.15) is 36.5 Å². The summed E-state index contributed by atoms with van der Waals surface area (Å²) in [4.78, 5) is 29.6. The lowest BCUT2D eigenvalue weighted by Crippen LogP contribution is -2.32. The number of thioether (sulfide) groups is 1. The van der Waals surface area contributed by atoms with Crippen molar-refractivity contribution in [2.45, 2.75) is 36.6 Å². The van der Waals surface area contributed by atoms with Crippen LogP contribution < -0.4 is 4.90 Å². The number of ketones is 1. The first-order valence-electron chi connectivity index (χ1n) is 8.55. The Morgan fingerprint density at radius 1 is 1.31 bits per heavy atom. The van der Waals surface area contributed by atoms with Crippen molar-refractivity contribution >= 4 is 50.8 Å². The Bertz CT molecular complexity index is 961. The highest BCUT2D eigenvalue weighted by molar-refractivity contribution is 8.01. The van der Waals surface area contributed by atoms with Crippen LogP contribution in [0.15, 0.2) is 34.8 Å². The van der Waals surface area contributed by atoms with Gasteiger partial charge in [0.1, 0.15) is 0 Å². The number of H-pyrrole nitrogens is 1. The van der Waals surface area contributed by atoms with Crippen molar-refractivity contribution in [1.29, 1.82) is 0 Å². The van der Waals surface area contributed by atoms with Crippen molar-refractivity contribution in [2.24, 2.45) is 0 Å². The summed E-state index contributed by atoms with van der Waals surface area (Å²) in [6.07, 6.45) is 4.26. The van der Waals surface area contributed by atoms with Crippen molar-refractivity contribution in [2.75, 3.05) is 10.7 Å². The van der Waals surface area contributed by atoms with E-state index in [0.29, 0.717) is 27.2 Å². The molecule has 26 heavy (non-hydrogen) atoms. The Morgan fingerprint density at radius 3 is 2.88 bits per heavy atom. The molecular formula is C18H18N4O2S2. The highest BCUT2D eigenvalue weighted by Crippen LogP contribution is 2.36. The van der Waals surface area contributed by atoms with E-state index in [2.05, 4.69) is 15.2 Å². The number of rotatable bonds is 7. The maximum absolute atomic E-state index is 12.6. The van der Waals surface area contributed by atoms with Gasteiger partial charge < -0.3 is 4.98 Å². The van der Waals surface area contributed by atoms with Crippen molar-refractivity contribution in [3.63, 3.8) is 0 Å². The summed E-state index contributed by atoms with van der Waals surface area (Å²) in [5.74, 6) is 0.421. The SMILES string of the molecule is CCC(=O)N(c1nnc(SCC(=O)c2c[nH]c3ccccc23)s1)C1CC1. The van der Waals surface area contributed by atoms with Crippen molar-refractivity contribution in [1.82, 2.24) is 15.2 Å². The van der Waals surface area contributed by atoms with Gasteiger partial charge in [-0.05, 0) is 18.9 Å². The maximum Gasteiger partial charge on any atom is 0.228 e. The quantitative estimate of drug-likeness (QED) is 0.378. The third kappa shape index (κ3) is 3.39. The summed E-state index contributed by atoms with van der Waals surface area (Å²) >= 11 is 2.75. The van der Waals surface area contributed by atoms with Gasteiger partial charge >= 0.3 is 0 Å². The number of nitrogens with one attached hydrogen (secondary N) is 1. The van der Waals surface area contributed by atoms with E-state index in [4.69, 9.17) is 0 Å². The van der Waals surface area contributed by atoms with Gasteiger partial charge in [-0.25, -0.2) is 0 Å². The molecule has 1 N–H and O–H groups in total. The fourth-order valence-corrected chi connectivity index (χ4v) is 4.65. The summed E-state index contributed by atoms with van der Waals surface area (Å²) < 4.78 is 0.711. The van der Waals surface area contributed by atoms with E-state index in [9.17, 15) is 9.59 Å². The Labute approximate surface area is 159 Å². The molecule has 6 nitrogen and oxygen atoms in total. The summed E-state index contributed by atoms with van der Waals surface area (Å²) in [6, 6.07) is 8.02. The number of para-hydroxylation sites is 1. The Kier molecular flexibility index (Phi) is 4.78. The fourth-order valence-electron chi connectivity index (χ4n) is 2.84. The van der Waals surface area contributed by atoms with E-state index < -0.39 is 0 Å². The lowest BCUT2D eigenvalue weighted by molar-refractivity contribution is -0.118. The van der Waals surface area contributed by atoms with Crippen LogP contribution in [-0.2, 0) is 4.79 Å². The number of carbonyl (C=O) groups excluding carboxylic acids is 2. The number of benzene rings is 1. The van der Waals surface area contributed by atoms with Gasteiger partial charge in [0, 0.05) is 35.1 Å². The minimum atomic E-state index is 0.0490. The molecule has 0 bridgehead atoms. The van der Waals surface area contributed by atoms with Gasteiger partial charge in [0.2, 0.25) is 11.0 Å². The summed E-state index contributed by atoms with van der Waals surface area (Å²) in [6.45, 7) is 1.86. The molecule has 0 saturated heterocycles. The lowest BCUT2D eigenvalue weighted by Gasteiger charge is -2.17. The Hall–Kier alpha value is -2.19. The van der Waals surface area contributed by atoms with Gasteiger partial charge in [-0.3, -0.25) is 14.5 Å². The normalized spacial score (nSPS) is 13.9. The predicted octanol–water partition coefficient (Wildman–Crippen LogP) is 3.90. The Morgan fingerprint density at radius 2 is 2.12 bits per heavy atom. The van der Waals surface area contributed by atoms with Crippen LogP contribution in [0.2, 0.25) is 0 Å². The van der Waals surface area contributed by atoms with E-state index in [1.165, 1.54) is 23.1 Å². The third-order valence-corrected chi connectivity index (χ3v) is 6.36. The zero-order valence-corrected chi connectivity index (χ0v) is 15.9. The van der Waals surface area contributed by atoms with Crippen molar-refractivity contribution < 1.29 is 9.59 Å². The number of anilines is 1. The molecule has 1 aliphatic carbocycles. The number of amides is 1. The number of aromatic amines is 1. The molecule has 0 spiro atoms. The fraction of sp³-hybridized carbons (Fsp3) is 0.333. The number of nitrogens with zero attached hydrogens (tertiary/aromatic N) is 3. The Balaban J connectivity index is 1.44. The summed E-state index contributed by atoms with van der Waals surface area (Å²) in [5.41, 5.74) is 1.65. The molecule has 0 aliphatic heterocycles. The minimum Gasteiger partial charge on any atom is -0.360 e. The topological polar surface area (TPSA) is 79.0 Å². The smallest absolute Gasteiger partial charge is 0.228 e. The molecule has 1 saturated carbocycles. The zero-order valence-electron chi connectivity index (χ0n) is 14.3. The van der Waals surface area contributed by atoms with Gasteiger partial charge in [-0.2, -0.15) is 0 Å². The summed E-state index contributed by atoms with van der Waals surface area (Å²) in [7, 11) is 0. The largest absolute Gasteiger partial charge is 0.360 e. The third-order valence-electron chi connectivity index (χ3n) is 4.30. The standard InChI is InChI=1S/C18H18N4O2S2/c1-2-16(24)22(11-7-8-11)17-20-21-18(26-17)25-10-15(23)13-9-19-14-6-4-3-5-12(13)14/h3-6,9,11,19H,2,7-8,10H2,1H3. The first-order valence-corrected chi connectivity index (χ1v) is 10.3. The number of hydrogen-bond acceptors (Lipinski definition) is 6. The lowest BCUT2D eigenvalue weighted by atomic mass is 10.1. The van der Waals surface area contributed by atoms with Crippen LogP contribution in [-0.4, -0.2) is 38.7 Å². The molecule has 4 rings (SSSR count). The van der Waals surface area contributed by atoms with Crippen LogP contribution in [0.4, 0.5) is 5.13 Å². The first-order chi connectivity index (χ1) is 12.7. The van der Waals surface area contributed by atoms with Crippen LogP contribution in [0.25, 0.3) is 10.9 Å². The van der Waals surface area contributed by atoms with Crippen LogP contribution >= 0.6 is 23.1 Å². The van der Waals surface area contributed by atoms with Gasteiger partial charge in [0.25, 0.3) is 0 Å². The monoisotopic (exact) mass is 386 g/mol. The second-order valence-electron chi connectivity index (χ2n) is 6.16. The molecule has 0 radical (unpaired) electrons. The van der Waals surface area contributed by atoms with E-state index in [1.54, 1.807) is 11.1 Å². The molecule has 0 unspecified atom stereocenters. The highest BCUT2D eigenvalue weighted by Gasteiger charge is 2.35. The molecule has 134 valence electrons. The number of hydrogen-bond donors (Lipinski definition) is 1. The van der Waals surface area contributed by atoms with Crippen molar-refractivity contribution in [3.8, 4) is 0 Å². The predicted molar refractivity (Wildman–Crippen MR) is 104 cm³/mol. The summed E-state index contributed by atoms with van der Waals surface area (Å²) in [5, 5.41) is 9.90. The van der Waals surface area contributed by atoms with Gasteiger partial charge in [0.15, 0.2) is 10.1 Å². The number of Topliss-reactive ketones (excluding diaryl/α,β-unsaturated/α-hetero) is 1. The van der Waals surface area contributed by atoms with Gasteiger partial charge in [-0.1, -0.05) is 48.2 Å². The highest BCUT2D eigenvalue weighted by atomic mass is 32.2. The zero-order chi connectivity index (χ0) is 18.1. The van der Waals surface area contributed by atoms with E-state index in [-0.39, 0.29) is 17.7 Å². The van der Waals surface area contributed by atoms with Crippen LogP contribution in [0, 0.1) is 0 Å². The van der Waals surface area contributed by atoms with Crippen LogP contribution in [0.5, 0.6) is 0 Å². The van der Waals surface area contributed by atoms with Crippen LogP contribution in [0.3, 0.4) is 0 Å². The molecule has 1 amide bonds.